The molecule has 0 aliphatic carbocycles. The van der Waals surface area contributed by atoms with Crippen LogP contribution >= 0.6 is 0 Å². The molecular formula is C7H8N4O2. The van der Waals surface area contributed by atoms with Crippen LogP contribution < -0.4 is 10.4 Å². The van der Waals surface area contributed by atoms with Gasteiger partial charge in [-0.25, -0.2) is 9.78 Å². The number of H-pyrrole nitrogens is 1. The average molecular weight is 180 g/mol. The van der Waals surface area contributed by atoms with Crippen LogP contribution in [0.4, 0.5) is 0 Å². The van der Waals surface area contributed by atoms with Crippen LogP contribution in [0, 0.1) is 0 Å². The Labute approximate surface area is 73.2 Å². The minimum Gasteiger partial charge on any atom is -0.479 e. The summed E-state index contributed by atoms with van der Waals surface area (Å²) in [6.07, 6.45) is 1.59. The highest BCUT2D eigenvalue weighted by Gasteiger charge is 2.09. The Morgan fingerprint density at radius 2 is 2.38 bits per heavy atom. The van der Waals surface area contributed by atoms with E-state index in [1.54, 1.807) is 17.9 Å². The topological polar surface area (TPSA) is 72.8 Å². The molecule has 0 saturated carbocycles. The van der Waals surface area contributed by atoms with Crippen LogP contribution in [-0.4, -0.2) is 26.6 Å². The van der Waals surface area contributed by atoms with Crippen molar-refractivity contribution in [2.75, 3.05) is 7.11 Å². The molecule has 6 nitrogen and oxygen atoms in total. The van der Waals surface area contributed by atoms with E-state index in [1.807, 2.05) is 0 Å². The first kappa shape index (κ1) is 7.78. The molecular weight excluding hydrogens is 172 g/mol. The Hall–Kier alpha value is -1.85. The van der Waals surface area contributed by atoms with Crippen molar-refractivity contribution in [2.24, 2.45) is 7.05 Å². The number of aromatic amines is 1. The third-order valence-electron chi connectivity index (χ3n) is 1.76. The molecule has 1 N–H and O–H groups in total. The second-order valence-corrected chi connectivity index (χ2v) is 2.60. The second-order valence-electron chi connectivity index (χ2n) is 2.60. The smallest absolute Gasteiger partial charge is 0.349 e. The number of nitrogens with one attached hydrogen (secondary N) is 1. The largest absolute Gasteiger partial charge is 0.479 e. The maximum Gasteiger partial charge on any atom is 0.349 e. The average Bonchev–Trinajstić information content (AvgIpc) is 2.46. The predicted octanol–water partition coefficient (Wildman–Crippen LogP) is -0.335. The Morgan fingerprint density at radius 1 is 1.62 bits per heavy atom. The third kappa shape index (κ3) is 1.07. The van der Waals surface area contributed by atoms with E-state index < -0.39 is 5.69 Å². The summed E-state index contributed by atoms with van der Waals surface area (Å²) < 4.78 is 6.69. The van der Waals surface area contributed by atoms with Crippen molar-refractivity contribution in [3.8, 4) is 5.88 Å². The molecule has 0 aliphatic heterocycles. The van der Waals surface area contributed by atoms with E-state index in [0.29, 0.717) is 17.0 Å². The molecule has 0 unspecified atom stereocenters. The van der Waals surface area contributed by atoms with Crippen LogP contribution in [0.2, 0.25) is 0 Å². The number of aryl methyl sites for hydroxylation is 1. The number of hydrogen-bond acceptors (Lipinski definition) is 4. The number of hydrogen-bond donors (Lipinski definition) is 1. The molecule has 6 heteroatoms. The summed E-state index contributed by atoms with van der Waals surface area (Å²) >= 11 is 0. The number of fused-ring (bicyclic) bond motifs is 1. The number of methoxy groups -OCH3 is 1. The Kier molecular flexibility index (Phi) is 1.54. The zero-order valence-electron chi connectivity index (χ0n) is 7.24. The highest BCUT2D eigenvalue weighted by Crippen LogP contribution is 2.16. The van der Waals surface area contributed by atoms with Gasteiger partial charge in [-0.2, -0.15) is 4.98 Å². The van der Waals surface area contributed by atoms with Gasteiger partial charge in [-0.3, -0.25) is 4.98 Å². The summed E-state index contributed by atoms with van der Waals surface area (Å²) in [4.78, 5) is 21.1. The lowest BCUT2D eigenvalue weighted by Crippen LogP contribution is -2.11. The standard InChI is InChI=1S/C7H8N4O2/c1-11-3-8-5-4(11)6(13-2)10-7(12)9-5/h3H,1-2H3,(H,9,10,12). The van der Waals surface area contributed by atoms with Gasteiger partial charge in [0.2, 0.25) is 5.88 Å². The minimum atomic E-state index is -0.456. The van der Waals surface area contributed by atoms with Crippen molar-refractivity contribution in [1.82, 2.24) is 19.5 Å². The summed E-state index contributed by atoms with van der Waals surface area (Å²) in [5.74, 6) is 0.291. The van der Waals surface area contributed by atoms with Crippen molar-refractivity contribution in [1.29, 1.82) is 0 Å². The summed E-state index contributed by atoms with van der Waals surface area (Å²) in [6, 6.07) is 0. The van der Waals surface area contributed by atoms with E-state index in [4.69, 9.17) is 4.74 Å². The van der Waals surface area contributed by atoms with Gasteiger partial charge in [0.1, 0.15) is 5.52 Å². The lowest BCUT2D eigenvalue weighted by Gasteiger charge is -2.00. The Balaban J connectivity index is 2.93. The van der Waals surface area contributed by atoms with Crippen LogP contribution in [0.25, 0.3) is 11.2 Å². The van der Waals surface area contributed by atoms with Crippen LogP contribution in [-0.2, 0) is 7.05 Å². The monoisotopic (exact) mass is 180 g/mol. The lowest BCUT2D eigenvalue weighted by atomic mass is 10.5. The fourth-order valence-corrected chi connectivity index (χ4v) is 1.19. The van der Waals surface area contributed by atoms with Crippen molar-refractivity contribution in [3.05, 3.63) is 16.8 Å². The first-order chi connectivity index (χ1) is 6.22. The van der Waals surface area contributed by atoms with Crippen molar-refractivity contribution in [2.45, 2.75) is 0 Å². The van der Waals surface area contributed by atoms with E-state index in [0.717, 1.165) is 0 Å². The minimum absolute atomic E-state index is 0.291. The molecule has 2 heterocycles. The molecule has 0 amide bonds. The summed E-state index contributed by atoms with van der Waals surface area (Å²) in [5.41, 5.74) is 0.713. The molecule has 0 radical (unpaired) electrons. The fourth-order valence-electron chi connectivity index (χ4n) is 1.19. The van der Waals surface area contributed by atoms with E-state index in [1.165, 1.54) is 7.11 Å². The van der Waals surface area contributed by atoms with E-state index in [9.17, 15) is 4.79 Å². The van der Waals surface area contributed by atoms with E-state index in [-0.39, 0.29) is 0 Å². The summed E-state index contributed by atoms with van der Waals surface area (Å²) in [6.45, 7) is 0. The van der Waals surface area contributed by atoms with Crippen molar-refractivity contribution in [3.63, 3.8) is 0 Å². The molecule has 0 atom stereocenters. The maximum absolute atomic E-state index is 11.0. The molecule has 0 spiro atoms. The number of aromatic nitrogens is 4. The third-order valence-corrected chi connectivity index (χ3v) is 1.76. The number of rotatable bonds is 1. The zero-order valence-corrected chi connectivity index (χ0v) is 7.24. The Morgan fingerprint density at radius 3 is 3.08 bits per heavy atom. The lowest BCUT2D eigenvalue weighted by molar-refractivity contribution is 0.399. The van der Waals surface area contributed by atoms with E-state index >= 15 is 0 Å². The quantitative estimate of drug-likeness (QED) is 0.651. The zero-order chi connectivity index (χ0) is 9.42. The molecule has 0 saturated heterocycles. The van der Waals surface area contributed by atoms with Crippen LogP contribution in [0.15, 0.2) is 11.1 Å². The van der Waals surface area contributed by atoms with Crippen molar-refractivity contribution < 1.29 is 4.74 Å². The van der Waals surface area contributed by atoms with Gasteiger partial charge in [-0.15, -0.1) is 0 Å². The first-order valence-electron chi connectivity index (χ1n) is 3.67. The predicted molar refractivity (Wildman–Crippen MR) is 45.7 cm³/mol. The van der Waals surface area contributed by atoms with Gasteiger partial charge in [0, 0.05) is 7.05 Å². The van der Waals surface area contributed by atoms with Gasteiger partial charge in [0.05, 0.1) is 13.4 Å². The molecule has 0 fully saturated rings. The van der Waals surface area contributed by atoms with Crippen LogP contribution in [0.1, 0.15) is 0 Å². The van der Waals surface area contributed by atoms with Gasteiger partial charge in [-0.1, -0.05) is 0 Å². The Bertz CT molecular complexity index is 499. The number of nitrogens with zero attached hydrogens (tertiary/aromatic N) is 3. The fraction of sp³-hybridized carbons (Fsp3) is 0.286. The summed E-state index contributed by atoms with van der Waals surface area (Å²) in [5, 5.41) is 0. The second kappa shape index (κ2) is 2.58. The maximum atomic E-state index is 11.0. The molecule has 0 aromatic carbocycles. The molecule has 2 aromatic rings. The number of imidazole rings is 1. The molecule has 68 valence electrons. The van der Waals surface area contributed by atoms with Gasteiger partial charge in [0.25, 0.3) is 0 Å². The first-order valence-corrected chi connectivity index (χ1v) is 3.67. The number of ether oxygens (including phenoxy) is 1. The van der Waals surface area contributed by atoms with Gasteiger partial charge in [0.15, 0.2) is 5.65 Å². The summed E-state index contributed by atoms with van der Waals surface area (Å²) in [7, 11) is 3.27. The van der Waals surface area contributed by atoms with Gasteiger partial charge < -0.3 is 9.30 Å². The molecule has 0 bridgehead atoms. The molecule has 2 aromatic heterocycles. The van der Waals surface area contributed by atoms with Gasteiger partial charge >= 0.3 is 5.69 Å². The molecule has 13 heavy (non-hydrogen) atoms. The molecule has 2 rings (SSSR count). The van der Waals surface area contributed by atoms with E-state index in [2.05, 4.69) is 15.0 Å². The normalized spacial score (nSPS) is 10.6. The highest BCUT2D eigenvalue weighted by molar-refractivity contribution is 5.75. The SMILES string of the molecule is COc1nc(=O)[nH]c2ncn(C)c12. The van der Waals surface area contributed by atoms with Crippen LogP contribution in [0.3, 0.4) is 0 Å². The van der Waals surface area contributed by atoms with Crippen LogP contribution in [0.5, 0.6) is 5.88 Å². The van der Waals surface area contributed by atoms with Crippen molar-refractivity contribution >= 4 is 11.2 Å². The van der Waals surface area contributed by atoms with Gasteiger partial charge in [-0.05, 0) is 0 Å². The molecule has 0 aliphatic rings. The highest BCUT2D eigenvalue weighted by atomic mass is 16.5.